The predicted molar refractivity (Wildman–Crippen MR) is 139 cm³/mol. The molecular weight excluding hydrogens is 419 g/mol. The molecule has 3 aromatic rings. The molecule has 0 amide bonds. The van der Waals surface area contributed by atoms with Gasteiger partial charge in [-0.25, -0.2) is 0 Å². The maximum atomic E-state index is 10.8. The molecule has 0 radical (unpaired) electrons. The van der Waals surface area contributed by atoms with E-state index >= 15 is 0 Å². The standard InChI is InChI=1S/C28H28ClOP/c1-24(13-12-14-25(2)23-30)21-22-31(29,26-15-6-3-7-16-26,27-17-8-4-9-18-27)28-19-10-5-11-20-28/h3-21,23H,22H2,1-2H3/b13-12+,24-21+,25-14+. The van der Waals surface area contributed by atoms with Crippen LogP contribution in [-0.4, -0.2) is 12.4 Å². The molecule has 0 spiro atoms. The summed E-state index contributed by atoms with van der Waals surface area (Å²) in [7, 11) is 0. The second kappa shape index (κ2) is 10.1. The van der Waals surface area contributed by atoms with Crippen molar-refractivity contribution in [2.24, 2.45) is 0 Å². The Balaban J connectivity index is 2.22. The van der Waals surface area contributed by atoms with Crippen molar-refractivity contribution in [2.75, 3.05) is 6.16 Å². The van der Waals surface area contributed by atoms with Gasteiger partial charge >= 0.3 is 191 Å². The van der Waals surface area contributed by atoms with Gasteiger partial charge in [-0.1, -0.05) is 0 Å². The third kappa shape index (κ3) is 4.79. The van der Waals surface area contributed by atoms with Crippen molar-refractivity contribution in [3.8, 4) is 0 Å². The summed E-state index contributed by atoms with van der Waals surface area (Å²) in [5, 5.41) is 3.45. The van der Waals surface area contributed by atoms with Crippen molar-refractivity contribution in [3.05, 3.63) is 126 Å². The number of carbonyl (C=O) groups is 1. The molecule has 0 heterocycles. The quantitative estimate of drug-likeness (QED) is 0.171. The summed E-state index contributed by atoms with van der Waals surface area (Å²) in [6.07, 6.45) is 9.51. The zero-order chi connectivity index (χ0) is 22.2. The Kier molecular flexibility index (Phi) is 7.44. The predicted octanol–water partition coefficient (Wildman–Crippen LogP) is 6.32. The topological polar surface area (TPSA) is 17.1 Å². The van der Waals surface area contributed by atoms with Crippen LogP contribution in [0, 0.1) is 0 Å². The van der Waals surface area contributed by atoms with Crippen LogP contribution in [0.4, 0.5) is 0 Å². The van der Waals surface area contributed by atoms with Gasteiger partial charge in [0.25, 0.3) is 0 Å². The van der Waals surface area contributed by atoms with E-state index in [0.29, 0.717) is 11.7 Å². The van der Waals surface area contributed by atoms with Gasteiger partial charge < -0.3 is 0 Å². The molecule has 3 heteroatoms. The first kappa shape index (κ1) is 22.9. The van der Waals surface area contributed by atoms with E-state index in [1.165, 1.54) is 0 Å². The number of allylic oxidation sites excluding steroid dienone is 6. The molecule has 0 atom stereocenters. The number of benzene rings is 3. The first-order chi connectivity index (χ1) is 15.0. The van der Waals surface area contributed by atoms with Crippen molar-refractivity contribution in [3.63, 3.8) is 0 Å². The van der Waals surface area contributed by atoms with Gasteiger partial charge in [0.1, 0.15) is 0 Å². The summed E-state index contributed by atoms with van der Waals surface area (Å²) in [5.41, 5.74) is 1.80. The summed E-state index contributed by atoms with van der Waals surface area (Å²) < 4.78 is 0. The molecule has 1 nitrogen and oxygen atoms in total. The Morgan fingerprint density at radius 3 is 1.55 bits per heavy atom. The van der Waals surface area contributed by atoms with Crippen molar-refractivity contribution < 1.29 is 4.79 Å². The van der Waals surface area contributed by atoms with E-state index in [9.17, 15) is 4.79 Å². The van der Waals surface area contributed by atoms with Gasteiger partial charge in [-0.3, -0.25) is 0 Å². The molecule has 158 valence electrons. The van der Waals surface area contributed by atoms with E-state index in [-0.39, 0.29) is 0 Å². The molecule has 0 saturated carbocycles. The summed E-state index contributed by atoms with van der Waals surface area (Å²) in [6, 6.07) is 31.4. The van der Waals surface area contributed by atoms with E-state index in [1.807, 2.05) is 36.4 Å². The molecule has 0 unspecified atom stereocenters. The van der Waals surface area contributed by atoms with Crippen LogP contribution in [0.3, 0.4) is 0 Å². The summed E-state index contributed by atoms with van der Waals surface area (Å²) >= 11 is 8.03. The fourth-order valence-electron chi connectivity index (χ4n) is 3.75. The molecule has 0 aromatic heterocycles. The Labute approximate surface area is 190 Å². The molecule has 0 saturated heterocycles. The molecule has 0 aliphatic rings. The monoisotopic (exact) mass is 446 g/mol. The number of hydrogen-bond acceptors (Lipinski definition) is 1. The number of carbonyl (C=O) groups excluding carboxylic acids is 1. The summed E-state index contributed by atoms with van der Waals surface area (Å²) in [5.74, 6) is -3.28. The van der Waals surface area contributed by atoms with Crippen LogP contribution in [-0.2, 0) is 4.79 Å². The summed E-state index contributed by atoms with van der Waals surface area (Å²) in [4.78, 5) is 10.8. The molecule has 0 fully saturated rings. The molecule has 3 rings (SSSR count). The Hall–Kier alpha value is -2.73. The Morgan fingerprint density at radius 1 is 0.742 bits per heavy atom. The molecule has 0 N–H and O–H groups in total. The van der Waals surface area contributed by atoms with Crippen molar-refractivity contribution in [1.29, 1.82) is 0 Å². The van der Waals surface area contributed by atoms with Gasteiger partial charge in [0.2, 0.25) is 0 Å². The fraction of sp³-hybridized carbons (Fsp3) is 0.107. The van der Waals surface area contributed by atoms with E-state index in [2.05, 4.69) is 85.8 Å². The van der Waals surface area contributed by atoms with E-state index < -0.39 is 5.96 Å². The minimum atomic E-state index is -3.28. The summed E-state index contributed by atoms with van der Waals surface area (Å²) in [6.45, 7) is 3.86. The Bertz CT molecular complexity index is 1000. The van der Waals surface area contributed by atoms with Gasteiger partial charge in [-0.2, -0.15) is 0 Å². The minimum absolute atomic E-state index is 0.692. The number of halogens is 1. The van der Waals surface area contributed by atoms with Crippen molar-refractivity contribution in [2.45, 2.75) is 13.8 Å². The van der Waals surface area contributed by atoms with Gasteiger partial charge in [0.15, 0.2) is 0 Å². The zero-order valence-corrected chi connectivity index (χ0v) is 19.6. The zero-order valence-electron chi connectivity index (χ0n) is 18.0. The third-order valence-electron chi connectivity index (χ3n) is 5.54. The van der Waals surface area contributed by atoms with Crippen molar-refractivity contribution >= 4 is 39.4 Å². The van der Waals surface area contributed by atoms with Crippen LogP contribution in [0.5, 0.6) is 0 Å². The van der Waals surface area contributed by atoms with E-state index in [0.717, 1.165) is 27.8 Å². The molecule has 0 aliphatic heterocycles. The van der Waals surface area contributed by atoms with Crippen LogP contribution >= 0.6 is 17.2 Å². The Morgan fingerprint density at radius 2 is 1.16 bits per heavy atom. The number of rotatable bonds is 8. The first-order valence-corrected chi connectivity index (χ1v) is 13.7. The molecular formula is C28H28ClOP. The van der Waals surface area contributed by atoms with Gasteiger partial charge in [0.05, 0.1) is 0 Å². The second-order valence-electron chi connectivity index (χ2n) is 7.71. The third-order valence-corrected chi connectivity index (χ3v) is 12.7. The van der Waals surface area contributed by atoms with Crippen LogP contribution < -0.4 is 15.9 Å². The SMILES string of the molecule is C\C(C=O)=C/C=C/C(C)=C/CP(Cl)(c1ccccc1)(c1ccccc1)c1ccccc1. The van der Waals surface area contributed by atoms with Crippen LogP contribution in [0.15, 0.2) is 126 Å². The second-order valence-corrected chi connectivity index (χ2v) is 14.2. The average Bonchev–Trinajstić information content (AvgIpc) is 2.84. The molecule has 0 aliphatic carbocycles. The van der Waals surface area contributed by atoms with E-state index in [1.54, 1.807) is 6.92 Å². The van der Waals surface area contributed by atoms with Gasteiger partial charge in [0, 0.05) is 0 Å². The van der Waals surface area contributed by atoms with Crippen LogP contribution in [0.25, 0.3) is 0 Å². The fourth-order valence-corrected chi connectivity index (χ4v) is 9.51. The average molecular weight is 447 g/mol. The number of aldehydes is 1. The number of hydrogen-bond donors (Lipinski definition) is 0. The van der Waals surface area contributed by atoms with Crippen LogP contribution in [0.2, 0.25) is 0 Å². The molecule has 0 bridgehead atoms. The van der Waals surface area contributed by atoms with Crippen molar-refractivity contribution in [1.82, 2.24) is 0 Å². The normalized spacial score (nSPS) is 14.2. The maximum absolute atomic E-state index is 10.8. The van der Waals surface area contributed by atoms with Gasteiger partial charge in [-0.15, -0.1) is 0 Å². The first-order valence-electron chi connectivity index (χ1n) is 10.4. The molecule has 3 aromatic carbocycles. The van der Waals surface area contributed by atoms with E-state index in [4.69, 9.17) is 11.2 Å². The van der Waals surface area contributed by atoms with Gasteiger partial charge in [-0.05, 0) is 0 Å². The molecule has 31 heavy (non-hydrogen) atoms. The van der Waals surface area contributed by atoms with Crippen LogP contribution in [0.1, 0.15) is 13.8 Å².